The Kier molecular flexibility index (Phi) is 4.46. The molecule has 1 fully saturated rings. The standard InChI is InChI=1S/C12H19N5O/c1-2-13-6-10-7-15-12(16-8-10)17-5-3-4-14-11(18)9-17/h7-8,13H,2-6,9H2,1H3,(H,14,18). The van der Waals surface area contributed by atoms with Crippen LogP contribution in [-0.2, 0) is 11.3 Å². The van der Waals surface area contributed by atoms with E-state index in [2.05, 4.69) is 27.5 Å². The van der Waals surface area contributed by atoms with E-state index in [1.165, 1.54) is 0 Å². The minimum absolute atomic E-state index is 0.0350. The molecule has 1 aliphatic heterocycles. The Morgan fingerprint density at radius 3 is 2.94 bits per heavy atom. The Bertz CT molecular complexity index is 392. The molecule has 1 aliphatic rings. The second kappa shape index (κ2) is 6.30. The van der Waals surface area contributed by atoms with Crippen molar-refractivity contribution in [2.45, 2.75) is 19.9 Å². The van der Waals surface area contributed by atoms with E-state index in [4.69, 9.17) is 0 Å². The molecule has 0 aromatic carbocycles. The number of carbonyl (C=O) groups is 1. The summed E-state index contributed by atoms with van der Waals surface area (Å²) in [5, 5.41) is 6.06. The topological polar surface area (TPSA) is 70.2 Å². The Morgan fingerprint density at radius 1 is 1.44 bits per heavy atom. The third-order valence-corrected chi connectivity index (χ3v) is 2.82. The van der Waals surface area contributed by atoms with Crippen LogP contribution in [0.1, 0.15) is 18.9 Å². The second-order valence-corrected chi connectivity index (χ2v) is 4.30. The van der Waals surface area contributed by atoms with E-state index in [1.807, 2.05) is 17.3 Å². The van der Waals surface area contributed by atoms with Gasteiger partial charge in [-0.15, -0.1) is 0 Å². The molecular weight excluding hydrogens is 230 g/mol. The summed E-state index contributed by atoms with van der Waals surface area (Å²) in [6, 6.07) is 0. The van der Waals surface area contributed by atoms with Gasteiger partial charge in [-0.25, -0.2) is 9.97 Å². The molecule has 0 saturated carbocycles. The largest absolute Gasteiger partial charge is 0.354 e. The normalized spacial score (nSPS) is 16.3. The lowest BCUT2D eigenvalue weighted by atomic mass is 10.3. The first-order valence-corrected chi connectivity index (χ1v) is 6.33. The second-order valence-electron chi connectivity index (χ2n) is 4.30. The van der Waals surface area contributed by atoms with Gasteiger partial charge in [-0.05, 0) is 13.0 Å². The van der Waals surface area contributed by atoms with Crippen molar-refractivity contribution < 1.29 is 4.79 Å². The van der Waals surface area contributed by atoms with E-state index >= 15 is 0 Å². The average molecular weight is 249 g/mol. The monoisotopic (exact) mass is 249 g/mol. The molecular formula is C12H19N5O. The molecule has 1 amide bonds. The Balaban J connectivity index is 2.01. The number of nitrogens with zero attached hydrogens (tertiary/aromatic N) is 3. The van der Waals surface area contributed by atoms with Crippen LogP contribution in [0.2, 0.25) is 0 Å². The summed E-state index contributed by atoms with van der Waals surface area (Å²) in [7, 11) is 0. The molecule has 1 aromatic rings. The lowest BCUT2D eigenvalue weighted by molar-refractivity contribution is -0.119. The highest BCUT2D eigenvalue weighted by Crippen LogP contribution is 2.09. The van der Waals surface area contributed by atoms with Gasteiger partial charge in [0.15, 0.2) is 0 Å². The molecule has 2 N–H and O–H groups in total. The van der Waals surface area contributed by atoms with Crippen LogP contribution >= 0.6 is 0 Å². The summed E-state index contributed by atoms with van der Waals surface area (Å²) >= 11 is 0. The van der Waals surface area contributed by atoms with Gasteiger partial charge < -0.3 is 15.5 Å². The summed E-state index contributed by atoms with van der Waals surface area (Å²) in [6.45, 7) is 5.64. The average Bonchev–Trinajstić information content (AvgIpc) is 2.62. The predicted molar refractivity (Wildman–Crippen MR) is 69.3 cm³/mol. The quantitative estimate of drug-likeness (QED) is 0.780. The van der Waals surface area contributed by atoms with Gasteiger partial charge in [0.2, 0.25) is 11.9 Å². The SMILES string of the molecule is CCNCc1cnc(N2CCCNC(=O)C2)nc1. The number of carbonyl (C=O) groups excluding carboxylic acids is 1. The van der Waals surface area contributed by atoms with Crippen LogP contribution in [0.25, 0.3) is 0 Å². The van der Waals surface area contributed by atoms with Crippen molar-refractivity contribution in [2.24, 2.45) is 0 Å². The lowest BCUT2D eigenvalue weighted by Gasteiger charge is -2.18. The minimum atomic E-state index is 0.0350. The van der Waals surface area contributed by atoms with Crippen molar-refractivity contribution in [3.05, 3.63) is 18.0 Å². The highest BCUT2D eigenvalue weighted by molar-refractivity contribution is 5.81. The van der Waals surface area contributed by atoms with Crippen LogP contribution in [0, 0.1) is 0 Å². The molecule has 0 radical (unpaired) electrons. The Hall–Kier alpha value is -1.69. The fourth-order valence-electron chi connectivity index (χ4n) is 1.85. The zero-order chi connectivity index (χ0) is 12.8. The molecule has 0 unspecified atom stereocenters. The zero-order valence-corrected chi connectivity index (χ0v) is 10.6. The van der Waals surface area contributed by atoms with Crippen LogP contribution in [0.4, 0.5) is 5.95 Å². The predicted octanol–water partition coefficient (Wildman–Crippen LogP) is -0.0876. The van der Waals surface area contributed by atoms with Gasteiger partial charge in [-0.3, -0.25) is 4.79 Å². The van der Waals surface area contributed by atoms with Crippen molar-refractivity contribution in [3.8, 4) is 0 Å². The van der Waals surface area contributed by atoms with Gasteiger partial charge in [-0.1, -0.05) is 6.92 Å². The van der Waals surface area contributed by atoms with E-state index in [9.17, 15) is 4.79 Å². The third-order valence-electron chi connectivity index (χ3n) is 2.82. The fourth-order valence-corrected chi connectivity index (χ4v) is 1.85. The Labute approximate surface area is 107 Å². The molecule has 1 aromatic heterocycles. The van der Waals surface area contributed by atoms with Crippen molar-refractivity contribution >= 4 is 11.9 Å². The molecule has 1 saturated heterocycles. The first-order chi connectivity index (χ1) is 8.79. The molecule has 0 bridgehead atoms. The number of amides is 1. The fraction of sp³-hybridized carbons (Fsp3) is 0.583. The van der Waals surface area contributed by atoms with Gasteiger partial charge in [0.05, 0.1) is 6.54 Å². The van der Waals surface area contributed by atoms with E-state index in [-0.39, 0.29) is 5.91 Å². The molecule has 0 aliphatic carbocycles. The lowest BCUT2D eigenvalue weighted by Crippen LogP contribution is -2.34. The Morgan fingerprint density at radius 2 is 2.22 bits per heavy atom. The van der Waals surface area contributed by atoms with Crippen LogP contribution in [0.3, 0.4) is 0 Å². The van der Waals surface area contributed by atoms with Crippen LogP contribution in [-0.4, -0.2) is 42.1 Å². The third kappa shape index (κ3) is 3.40. The number of nitrogens with one attached hydrogen (secondary N) is 2. The zero-order valence-electron chi connectivity index (χ0n) is 10.6. The van der Waals surface area contributed by atoms with Gasteiger partial charge in [0, 0.05) is 37.6 Å². The van der Waals surface area contributed by atoms with Gasteiger partial charge in [0.25, 0.3) is 0 Å². The van der Waals surface area contributed by atoms with Crippen molar-refractivity contribution in [1.29, 1.82) is 0 Å². The maximum absolute atomic E-state index is 11.5. The van der Waals surface area contributed by atoms with E-state index in [0.29, 0.717) is 12.5 Å². The van der Waals surface area contributed by atoms with Crippen LogP contribution in [0.15, 0.2) is 12.4 Å². The summed E-state index contributed by atoms with van der Waals surface area (Å²) < 4.78 is 0. The maximum atomic E-state index is 11.5. The van der Waals surface area contributed by atoms with Gasteiger partial charge >= 0.3 is 0 Å². The molecule has 98 valence electrons. The number of anilines is 1. The number of hydrogen-bond donors (Lipinski definition) is 2. The first kappa shape index (κ1) is 12.8. The summed E-state index contributed by atoms with van der Waals surface area (Å²) in [4.78, 5) is 22.0. The molecule has 2 heterocycles. The van der Waals surface area contributed by atoms with E-state index in [0.717, 1.165) is 38.2 Å². The van der Waals surface area contributed by atoms with E-state index < -0.39 is 0 Å². The molecule has 6 heteroatoms. The van der Waals surface area contributed by atoms with Crippen molar-refractivity contribution in [1.82, 2.24) is 20.6 Å². The molecule has 2 rings (SSSR count). The maximum Gasteiger partial charge on any atom is 0.239 e. The first-order valence-electron chi connectivity index (χ1n) is 6.33. The van der Waals surface area contributed by atoms with E-state index in [1.54, 1.807) is 0 Å². The van der Waals surface area contributed by atoms with Gasteiger partial charge in [-0.2, -0.15) is 0 Å². The van der Waals surface area contributed by atoms with Crippen molar-refractivity contribution in [2.75, 3.05) is 31.1 Å². The molecule has 6 nitrogen and oxygen atoms in total. The van der Waals surface area contributed by atoms with Crippen molar-refractivity contribution in [3.63, 3.8) is 0 Å². The molecule has 18 heavy (non-hydrogen) atoms. The highest BCUT2D eigenvalue weighted by Gasteiger charge is 2.16. The number of hydrogen-bond acceptors (Lipinski definition) is 5. The number of aromatic nitrogens is 2. The summed E-state index contributed by atoms with van der Waals surface area (Å²) in [5.74, 6) is 0.667. The smallest absolute Gasteiger partial charge is 0.239 e. The minimum Gasteiger partial charge on any atom is -0.354 e. The summed E-state index contributed by atoms with van der Waals surface area (Å²) in [6.07, 6.45) is 4.55. The number of rotatable bonds is 4. The van der Waals surface area contributed by atoms with Gasteiger partial charge in [0.1, 0.15) is 0 Å². The molecule has 0 spiro atoms. The summed E-state index contributed by atoms with van der Waals surface area (Å²) in [5.41, 5.74) is 1.06. The van der Waals surface area contributed by atoms with Crippen LogP contribution < -0.4 is 15.5 Å². The highest BCUT2D eigenvalue weighted by atomic mass is 16.2. The molecule has 0 atom stereocenters. The van der Waals surface area contributed by atoms with Crippen LogP contribution in [0.5, 0.6) is 0 Å².